The number of rotatable bonds is 7. The predicted octanol–water partition coefficient (Wildman–Crippen LogP) is 4.24. The molecule has 0 radical (unpaired) electrons. The lowest BCUT2D eigenvalue weighted by atomic mass is 10.0. The minimum Gasteiger partial charge on any atom is -0.459 e. The Morgan fingerprint density at radius 1 is 1.10 bits per heavy atom. The molecule has 0 saturated carbocycles. The maximum Gasteiger partial charge on any atom is 0.348 e. The SMILES string of the molecule is Cc1ccc(C(C)NC(=O)COC(=O)c2ccc(NC(=O)c3ccco3)s2)cc1C. The van der Waals surface area contributed by atoms with E-state index in [1.54, 1.807) is 12.1 Å². The summed E-state index contributed by atoms with van der Waals surface area (Å²) >= 11 is 1.05. The number of aryl methyl sites for hydroxylation is 2. The minimum atomic E-state index is -0.632. The van der Waals surface area contributed by atoms with Gasteiger partial charge in [-0.2, -0.15) is 0 Å². The van der Waals surface area contributed by atoms with Crippen LogP contribution < -0.4 is 10.6 Å². The number of carbonyl (C=O) groups is 3. The largest absolute Gasteiger partial charge is 0.459 e. The molecule has 0 aliphatic heterocycles. The molecule has 3 rings (SSSR count). The van der Waals surface area contributed by atoms with Crippen LogP contribution in [0.15, 0.2) is 53.1 Å². The average Bonchev–Trinajstić information content (AvgIpc) is 3.40. The monoisotopic (exact) mass is 426 g/mol. The third kappa shape index (κ3) is 5.36. The summed E-state index contributed by atoms with van der Waals surface area (Å²) in [6.07, 6.45) is 1.40. The van der Waals surface area contributed by atoms with Crippen LogP contribution in [0.1, 0.15) is 49.9 Å². The van der Waals surface area contributed by atoms with Crippen molar-refractivity contribution < 1.29 is 23.5 Å². The van der Waals surface area contributed by atoms with Gasteiger partial charge in [0.1, 0.15) is 4.88 Å². The molecule has 0 bridgehead atoms. The van der Waals surface area contributed by atoms with Crippen molar-refractivity contribution in [2.24, 2.45) is 0 Å². The number of hydrogen-bond donors (Lipinski definition) is 2. The van der Waals surface area contributed by atoms with Gasteiger partial charge in [0.15, 0.2) is 12.4 Å². The molecule has 156 valence electrons. The van der Waals surface area contributed by atoms with E-state index in [0.717, 1.165) is 22.5 Å². The molecule has 0 aliphatic carbocycles. The van der Waals surface area contributed by atoms with E-state index in [9.17, 15) is 14.4 Å². The second kappa shape index (κ2) is 9.41. The van der Waals surface area contributed by atoms with Crippen molar-refractivity contribution in [2.75, 3.05) is 11.9 Å². The Labute approximate surface area is 178 Å². The average molecular weight is 426 g/mol. The van der Waals surface area contributed by atoms with Gasteiger partial charge < -0.3 is 19.8 Å². The molecule has 1 atom stereocenters. The number of nitrogens with one attached hydrogen (secondary N) is 2. The standard InChI is InChI=1S/C22H22N2O5S/c1-13-6-7-16(11-14(13)2)15(3)23-19(25)12-29-22(27)18-8-9-20(30-18)24-21(26)17-5-4-10-28-17/h4-11,15H,12H2,1-3H3,(H,23,25)(H,24,26). The molecule has 0 fully saturated rings. The van der Waals surface area contributed by atoms with E-state index in [4.69, 9.17) is 9.15 Å². The summed E-state index contributed by atoms with van der Waals surface area (Å²) in [5, 5.41) is 5.92. The number of amides is 2. The van der Waals surface area contributed by atoms with Crippen LogP contribution in [0.3, 0.4) is 0 Å². The summed E-state index contributed by atoms with van der Waals surface area (Å²) in [6, 6.07) is 12.0. The normalized spacial score (nSPS) is 11.6. The number of ether oxygens (including phenoxy) is 1. The molecule has 7 nitrogen and oxygen atoms in total. The molecule has 8 heteroatoms. The number of esters is 1. The zero-order valence-electron chi connectivity index (χ0n) is 16.9. The van der Waals surface area contributed by atoms with Crippen molar-refractivity contribution in [2.45, 2.75) is 26.8 Å². The van der Waals surface area contributed by atoms with E-state index >= 15 is 0 Å². The Morgan fingerprint density at radius 2 is 1.90 bits per heavy atom. The van der Waals surface area contributed by atoms with Gasteiger partial charge in [0, 0.05) is 0 Å². The van der Waals surface area contributed by atoms with Gasteiger partial charge in [-0.3, -0.25) is 9.59 Å². The third-order valence-electron chi connectivity index (χ3n) is 4.53. The van der Waals surface area contributed by atoms with Crippen LogP contribution in [-0.4, -0.2) is 24.4 Å². The van der Waals surface area contributed by atoms with E-state index in [1.807, 2.05) is 39.0 Å². The van der Waals surface area contributed by atoms with Crippen LogP contribution in [0.4, 0.5) is 5.00 Å². The highest BCUT2D eigenvalue weighted by Gasteiger charge is 2.16. The van der Waals surface area contributed by atoms with E-state index in [1.165, 1.54) is 24.0 Å². The van der Waals surface area contributed by atoms with Crippen molar-refractivity contribution in [3.63, 3.8) is 0 Å². The lowest BCUT2D eigenvalue weighted by Crippen LogP contribution is -2.31. The molecule has 3 aromatic rings. The summed E-state index contributed by atoms with van der Waals surface area (Å²) in [7, 11) is 0. The van der Waals surface area contributed by atoms with E-state index in [-0.39, 0.29) is 23.3 Å². The summed E-state index contributed by atoms with van der Waals surface area (Å²) < 4.78 is 10.1. The zero-order valence-corrected chi connectivity index (χ0v) is 17.7. The molecule has 1 aromatic carbocycles. The summed E-state index contributed by atoms with van der Waals surface area (Å²) in [4.78, 5) is 36.6. The smallest absolute Gasteiger partial charge is 0.348 e. The number of carbonyl (C=O) groups excluding carboxylic acids is 3. The second-order valence-electron chi connectivity index (χ2n) is 6.80. The summed E-state index contributed by atoms with van der Waals surface area (Å²) in [6.45, 7) is 5.53. The number of furan rings is 1. The Balaban J connectivity index is 1.49. The number of benzene rings is 1. The van der Waals surface area contributed by atoms with Crippen LogP contribution >= 0.6 is 11.3 Å². The first-order valence-corrected chi connectivity index (χ1v) is 10.1. The second-order valence-corrected chi connectivity index (χ2v) is 7.89. The number of anilines is 1. The topological polar surface area (TPSA) is 97.6 Å². The quantitative estimate of drug-likeness (QED) is 0.551. The number of thiophene rings is 1. The van der Waals surface area contributed by atoms with Gasteiger partial charge >= 0.3 is 5.97 Å². The zero-order chi connectivity index (χ0) is 21.7. The van der Waals surface area contributed by atoms with Gasteiger partial charge in [0.05, 0.1) is 17.3 Å². The Morgan fingerprint density at radius 3 is 2.60 bits per heavy atom. The number of hydrogen-bond acceptors (Lipinski definition) is 6. The fourth-order valence-electron chi connectivity index (χ4n) is 2.70. The van der Waals surface area contributed by atoms with Gasteiger partial charge in [-0.05, 0) is 61.7 Å². The van der Waals surface area contributed by atoms with Gasteiger partial charge in [0.25, 0.3) is 11.8 Å². The molecule has 0 spiro atoms. The maximum absolute atomic E-state index is 12.2. The highest BCUT2D eigenvalue weighted by atomic mass is 32.1. The van der Waals surface area contributed by atoms with Crippen molar-refractivity contribution in [1.82, 2.24) is 5.32 Å². The van der Waals surface area contributed by atoms with Crippen molar-refractivity contribution in [3.8, 4) is 0 Å². The Bertz CT molecular complexity index is 1060. The highest BCUT2D eigenvalue weighted by Crippen LogP contribution is 2.23. The van der Waals surface area contributed by atoms with E-state index in [0.29, 0.717) is 5.00 Å². The minimum absolute atomic E-state index is 0.169. The van der Waals surface area contributed by atoms with Crippen LogP contribution in [0.5, 0.6) is 0 Å². The van der Waals surface area contributed by atoms with Crippen LogP contribution in [0, 0.1) is 13.8 Å². The summed E-state index contributed by atoms with van der Waals surface area (Å²) in [5.41, 5.74) is 3.31. The molecular formula is C22H22N2O5S. The fraction of sp³-hybridized carbons (Fsp3) is 0.227. The first-order valence-electron chi connectivity index (χ1n) is 9.32. The van der Waals surface area contributed by atoms with Gasteiger partial charge in [-0.25, -0.2) is 4.79 Å². The molecule has 0 aliphatic rings. The van der Waals surface area contributed by atoms with Crippen LogP contribution in [-0.2, 0) is 9.53 Å². The fourth-order valence-corrected chi connectivity index (χ4v) is 3.49. The molecule has 2 N–H and O–H groups in total. The van der Waals surface area contributed by atoms with Gasteiger partial charge in [-0.15, -0.1) is 11.3 Å². The predicted molar refractivity (Wildman–Crippen MR) is 114 cm³/mol. The molecule has 2 amide bonds. The van der Waals surface area contributed by atoms with E-state index < -0.39 is 17.8 Å². The van der Waals surface area contributed by atoms with Crippen molar-refractivity contribution >= 4 is 34.1 Å². The molecular weight excluding hydrogens is 404 g/mol. The first kappa shape index (κ1) is 21.3. The molecule has 2 heterocycles. The highest BCUT2D eigenvalue weighted by molar-refractivity contribution is 7.18. The molecule has 0 saturated heterocycles. The first-order chi connectivity index (χ1) is 14.3. The van der Waals surface area contributed by atoms with E-state index in [2.05, 4.69) is 10.6 Å². The van der Waals surface area contributed by atoms with Crippen LogP contribution in [0.25, 0.3) is 0 Å². The maximum atomic E-state index is 12.2. The van der Waals surface area contributed by atoms with Gasteiger partial charge in [-0.1, -0.05) is 18.2 Å². The van der Waals surface area contributed by atoms with Gasteiger partial charge in [0.2, 0.25) is 0 Å². The molecule has 30 heavy (non-hydrogen) atoms. The van der Waals surface area contributed by atoms with Crippen molar-refractivity contribution in [3.05, 3.63) is 76.1 Å². The molecule has 1 unspecified atom stereocenters. The van der Waals surface area contributed by atoms with Crippen LogP contribution in [0.2, 0.25) is 0 Å². The lowest BCUT2D eigenvalue weighted by Gasteiger charge is -2.15. The van der Waals surface area contributed by atoms with Crippen molar-refractivity contribution in [1.29, 1.82) is 0 Å². The Kier molecular flexibility index (Phi) is 6.68. The third-order valence-corrected chi connectivity index (χ3v) is 5.51. The Hall–Kier alpha value is -3.39. The molecule has 2 aromatic heterocycles. The summed E-state index contributed by atoms with van der Waals surface area (Å²) in [5.74, 6) is -1.27. The lowest BCUT2D eigenvalue weighted by molar-refractivity contribution is -0.124.